The molecule has 9 nitrogen and oxygen atoms in total. The first-order chi connectivity index (χ1) is 10.2. The van der Waals surface area contributed by atoms with Gasteiger partial charge in [-0.25, -0.2) is 13.6 Å². The standard InChI is InChI=1S/C12H13N3O6S/c13-22(20,21)7-1-2-8(10(17)5-7)14-9-6-11(18)15(3-4-16)12(9)19/h1-2,5-6,14,16-17H,3-4H2,(H2,13,20,21). The highest BCUT2D eigenvalue weighted by Crippen LogP contribution is 2.28. The molecule has 0 fully saturated rings. The number of nitrogens with two attached hydrogens (primary N) is 1. The van der Waals surface area contributed by atoms with Crippen LogP contribution < -0.4 is 10.5 Å². The van der Waals surface area contributed by atoms with E-state index in [1.807, 2.05) is 0 Å². The summed E-state index contributed by atoms with van der Waals surface area (Å²) in [6.45, 7) is -0.511. The normalized spacial score (nSPS) is 15.2. The molecule has 0 saturated heterocycles. The molecule has 1 aliphatic rings. The molecule has 0 atom stereocenters. The van der Waals surface area contributed by atoms with Gasteiger partial charge in [0, 0.05) is 12.1 Å². The second kappa shape index (κ2) is 5.75. The van der Waals surface area contributed by atoms with Crippen LogP contribution in [0.25, 0.3) is 0 Å². The number of aliphatic hydroxyl groups is 1. The molecule has 1 heterocycles. The number of phenols is 1. The lowest BCUT2D eigenvalue weighted by Crippen LogP contribution is -2.34. The number of hydrogen-bond acceptors (Lipinski definition) is 7. The smallest absolute Gasteiger partial charge is 0.277 e. The first-order valence-electron chi connectivity index (χ1n) is 6.05. The Labute approximate surface area is 125 Å². The summed E-state index contributed by atoms with van der Waals surface area (Å²) in [6.07, 6.45) is 1.02. The van der Waals surface area contributed by atoms with Gasteiger partial charge in [-0.05, 0) is 12.1 Å². The second-order valence-corrected chi connectivity index (χ2v) is 5.99. The number of aliphatic hydroxyl groups excluding tert-OH is 1. The van der Waals surface area contributed by atoms with Gasteiger partial charge in [0.1, 0.15) is 11.4 Å². The quantitative estimate of drug-likeness (QED) is 0.387. The first-order valence-corrected chi connectivity index (χ1v) is 7.60. The van der Waals surface area contributed by atoms with Crippen molar-refractivity contribution in [3.8, 4) is 5.75 Å². The summed E-state index contributed by atoms with van der Waals surface area (Å²) in [6, 6.07) is 3.28. The number of amides is 2. The Kier molecular flexibility index (Phi) is 4.17. The Morgan fingerprint density at radius 2 is 1.95 bits per heavy atom. The van der Waals surface area contributed by atoms with E-state index in [2.05, 4.69) is 5.32 Å². The zero-order valence-electron chi connectivity index (χ0n) is 11.2. The van der Waals surface area contributed by atoms with Gasteiger partial charge in [-0.2, -0.15) is 0 Å². The molecule has 1 aliphatic heterocycles. The molecule has 0 saturated carbocycles. The number of β-amino-alcohol motifs (C(OH)–C–C–N with tert-alkyl or cyclic N) is 1. The van der Waals surface area contributed by atoms with Gasteiger partial charge in [-0.1, -0.05) is 0 Å². The number of rotatable bonds is 5. The number of nitrogens with one attached hydrogen (secondary N) is 1. The van der Waals surface area contributed by atoms with Crippen LogP contribution in [0.4, 0.5) is 5.69 Å². The minimum absolute atomic E-state index is 0.0330. The fourth-order valence-electron chi connectivity index (χ4n) is 1.85. The SMILES string of the molecule is NS(=O)(=O)c1ccc(NC2=CC(=O)N(CCO)C2=O)c(O)c1. The van der Waals surface area contributed by atoms with E-state index in [1.165, 1.54) is 6.07 Å². The largest absolute Gasteiger partial charge is 0.506 e. The van der Waals surface area contributed by atoms with E-state index < -0.39 is 27.6 Å². The van der Waals surface area contributed by atoms with Crippen LogP contribution in [0, 0.1) is 0 Å². The van der Waals surface area contributed by atoms with Gasteiger partial charge in [0.25, 0.3) is 11.8 Å². The third kappa shape index (κ3) is 3.08. The molecular formula is C12H13N3O6S. The second-order valence-electron chi connectivity index (χ2n) is 4.43. The number of phenolic OH excluding ortho intramolecular Hbond substituents is 1. The third-order valence-corrected chi connectivity index (χ3v) is 3.81. The Bertz CT molecular complexity index is 771. The van der Waals surface area contributed by atoms with Gasteiger partial charge >= 0.3 is 0 Å². The maximum Gasteiger partial charge on any atom is 0.277 e. The predicted octanol–water partition coefficient (Wildman–Crippen LogP) is -1.30. The number of imide groups is 1. The summed E-state index contributed by atoms with van der Waals surface area (Å²) in [4.78, 5) is 24.0. The van der Waals surface area contributed by atoms with Crippen LogP contribution in [0.5, 0.6) is 5.75 Å². The average molecular weight is 327 g/mol. The lowest BCUT2D eigenvalue weighted by Gasteiger charge is -2.14. The van der Waals surface area contributed by atoms with E-state index in [0.29, 0.717) is 0 Å². The van der Waals surface area contributed by atoms with Crippen LogP contribution in [-0.4, -0.2) is 48.5 Å². The van der Waals surface area contributed by atoms with Crippen molar-refractivity contribution < 1.29 is 28.2 Å². The Morgan fingerprint density at radius 3 is 2.50 bits per heavy atom. The molecular weight excluding hydrogens is 314 g/mol. The molecule has 22 heavy (non-hydrogen) atoms. The van der Waals surface area contributed by atoms with Gasteiger partial charge in [0.2, 0.25) is 10.0 Å². The number of carbonyl (C=O) groups excluding carboxylic acids is 2. The van der Waals surface area contributed by atoms with Crippen LogP contribution in [0.3, 0.4) is 0 Å². The van der Waals surface area contributed by atoms with E-state index in [1.54, 1.807) is 0 Å². The molecule has 0 radical (unpaired) electrons. The van der Waals surface area contributed by atoms with Crippen molar-refractivity contribution in [2.24, 2.45) is 5.14 Å². The zero-order valence-corrected chi connectivity index (χ0v) is 12.0. The van der Waals surface area contributed by atoms with E-state index in [4.69, 9.17) is 10.2 Å². The lowest BCUT2D eigenvalue weighted by atomic mass is 10.2. The summed E-state index contributed by atoms with van der Waals surface area (Å²) < 4.78 is 22.3. The fourth-order valence-corrected chi connectivity index (χ4v) is 2.38. The van der Waals surface area contributed by atoms with Gasteiger partial charge < -0.3 is 15.5 Å². The van der Waals surface area contributed by atoms with E-state index >= 15 is 0 Å². The summed E-state index contributed by atoms with van der Waals surface area (Å²) in [7, 11) is -3.96. The van der Waals surface area contributed by atoms with Crippen LogP contribution in [-0.2, 0) is 19.6 Å². The van der Waals surface area contributed by atoms with Crippen LogP contribution >= 0.6 is 0 Å². The Hall–Kier alpha value is -2.43. The van der Waals surface area contributed by atoms with Crippen molar-refractivity contribution in [2.45, 2.75) is 4.90 Å². The van der Waals surface area contributed by atoms with Gasteiger partial charge in [-0.3, -0.25) is 14.5 Å². The molecule has 118 valence electrons. The van der Waals surface area contributed by atoms with E-state index in [-0.39, 0.29) is 29.4 Å². The highest BCUT2D eigenvalue weighted by atomic mass is 32.2. The summed E-state index contributed by atoms with van der Waals surface area (Å²) in [5, 5.41) is 26.0. The summed E-state index contributed by atoms with van der Waals surface area (Å²) >= 11 is 0. The van der Waals surface area contributed by atoms with Crippen molar-refractivity contribution in [3.63, 3.8) is 0 Å². The van der Waals surface area contributed by atoms with Crippen LogP contribution in [0.15, 0.2) is 34.9 Å². The molecule has 0 unspecified atom stereocenters. The molecule has 0 aliphatic carbocycles. The number of primary sulfonamides is 1. The highest BCUT2D eigenvalue weighted by molar-refractivity contribution is 7.89. The molecule has 0 spiro atoms. The number of nitrogens with zero attached hydrogens (tertiary/aromatic N) is 1. The molecule has 2 amide bonds. The summed E-state index contributed by atoms with van der Waals surface area (Å²) in [5.74, 6) is -1.70. The van der Waals surface area contributed by atoms with Gasteiger partial charge in [0.15, 0.2) is 0 Å². The lowest BCUT2D eigenvalue weighted by molar-refractivity contribution is -0.137. The van der Waals surface area contributed by atoms with Crippen LogP contribution in [0.2, 0.25) is 0 Å². The van der Waals surface area contributed by atoms with Crippen LogP contribution in [0.1, 0.15) is 0 Å². The number of anilines is 1. The number of carbonyl (C=O) groups is 2. The fraction of sp³-hybridized carbons (Fsp3) is 0.167. The highest BCUT2D eigenvalue weighted by Gasteiger charge is 2.31. The first kappa shape index (κ1) is 15.9. The van der Waals surface area contributed by atoms with E-state index in [9.17, 15) is 23.1 Å². The van der Waals surface area contributed by atoms with Gasteiger partial charge in [-0.15, -0.1) is 0 Å². The minimum Gasteiger partial charge on any atom is -0.506 e. The Balaban J connectivity index is 2.24. The third-order valence-electron chi connectivity index (χ3n) is 2.90. The molecule has 1 aromatic carbocycles. The molecule has 1 aromatic rings. The predicted molar refractivity (Wildman–Crippen MR) is 75.0 cm³/mol. The molecule has 2 rings (SSSR count). The number of sulfonamides is 1. The molecule has 0 aromatic heterocycles. The molecule has 5 N–H and O–H groups in total. The maximum atomic E-state index is 11.9. The van der Waals surface area contributed by atoms with Crippen molar-refractivity contribution in [1.82, 2.24) is 4.90 Å². The topological polar surface area (TPSA) is 150 Å². The van der Waals surface area contributed by atoms with Crippen molar-refractivity contribution in [1.29, 1.82) is 0 Å². The Morgan fingerprint density at radius 1 is 1.27 bits per heavy atom. The monoisotopic (exact) mass is 327 g/mol. The molecule has 10 heteroatoms. The van der Waals surface area contributed by atoms with Crippen molar-refractivity contribution in [2.75, 3.05) is 18.5 Å². The minimum atomic E-state index is -3.96. The van der Waals surface area contributed by atoms with Gasteiger partial charge in [0.05, 0.1) is 23.7 Å². The number of hydrogen-bond donors (Lipinski definition) is 4. The zero-order chi connectivity index (χ0) is 16.5. The summed E-state index contributed by atoms with van der Waals surface area (Å²) in [5.41, 5.74) is -0.0669. The van der Waals surface area contributed by atoms with E-state index in [0.717, 1.165) is 23.1 Å². The number of benzene rings is 1. The average Bonchev–Trinajstić information content (AvgIpc) is 2.68. The van der Waals surface area contributed by atoms with Crippen molar-refractivity contribution in [3.05, 3.63) is 30.0 Å². The maximum absolute atomic E-state index is 11.9. The molecule has 0 bridgehead atoms. The number of aromatic hydroxyl groups is 1. The van der Waals surface area contributed by atoms with Crippen molar-refractivity contribution >= 4 is 27.5 Å².